The largest absolute Gasteiger partial charge is 0.370 e. The van der Waals surface area contributed by atoms with E-state index in [0.29, 0.717) is 5.69 Å². The number of aromatic nitrogens is 1. The minimum absolute atomic E-state index is 0.0712. The second kappa shape index (κ2) is 7.98. The molecule has 1 unspecified atom stereocenters. The van der Waals surface area contributed by atoms with Gasteiger partial charge in [-0.05, 0) is 44.5 Å². The predicted molar refractivity (Wildman–Crippen MR) is 85.6 cm³/mol. The molecule has 2 N–H and O–H groups in total. The number of rotatable bonds is 6. The Bertz CT molecular complexity index is 463. The molecular weight excluding hydrogens is 264 g/mol. The van der Waals surface area contributed by atoms with Gasteiger partial charge in [0.15, 0.2) is 0 Å². The van der Waals surface area contributed by atoms with Crippen LogP contribution in [0.1, 0.15) is 43.6 Å². The number of anilines is 1. The fourth-order valence-corrected chi connectivity index (χ4v) is 2.63. The maximum atomic E-state index is 12.3. The van der Waals surface area contributed by atoms with E-state index in [-0.39, 0.29) is 11.9 Å². The molecule has 5 nitrogen and oxygen atoms in total. The van der Waals surface area contributed by atoms with Crippen LogP contribution in [0.25, 0.3) is 0 Å². The van der Waals surface area contributed by atoms with E-state index in [1.807, 2.05) is 12.1 Å². The Morgan fingerprint density at radius 1 is 1.43 bits per heavy atom. The van der Waals surface area contributed by atoms with Crippen molar-refractivity contribution in [3.05, 3.63) is 23.9 Å². The zero-order valence-corrected chi connectivity index (χ0v) is 13.1. The van der Waals surface area contributed by atoms with E-state index in [2.05, 4.69) is 34.4 Å². The van der Waals surface area contributed by atoms with Crippen molar-refractivity contribution in [3.8, 4) is 0 Å². The lowest BCUT2D eigenvalue weighted by Crippen LogP contribution is -2.47. The molecule has 1 aromatic heterocycles. The van der Waals surface area contributed by atoms with Gasteiger partial charge in [0.2, 0.25) is 0 Å². The van der Waals surface area contributed by atoms with Crippen molar-refractivity contribution in [1.29, 1.82) is 0 Å². The number of hydrogen-bond acceptors (Lipinski definition) is 4. The Morgan fingerprint density at radius 2 is 2.29 bits per heavy atom. The topological polar surface area (TPSA) is 57.3 Å². The van der Waals surface area contributed by atoms with Crippen LogP contribution >= 0.6 is 0 Å². The molecule has 0 spiro atoms. The van der Waals surface area contributed by atoms with Crippen molar-refractivity contribution in [2.45, 2.75) is 39.2 Å². The standard InChI is InChI=1S/C16H26N4O/c1-3-10-17-15-9-5-8-14(19-15)16(21)18-13-7-6-11-20(4-2)12-13/h5,8-9,13H,3-4,6-7,10-12H2,1-2H3,(H,17,19)(H,18,21). The van der Waals surface area contributed by atoms with E-state index in [1.54, 1.807) is 6.07 Å². The summed E-state index contributed by atoms with van der Waals surface area (Å²) in [5, 5.41) is 6.32. The van der Waals surface area contributed by atoms with Crippen molar-refractivity contribution in [1.82, 2.24) is 15.2 Å². The minimum Gasteiger partial charge on any atom is -0.370 e. The average Bonchev–Trinajstić information content (AvgIpc) is 2.53. The van der Waals surface area contributed by atoms with Gasteiger partial charge in [0.1, 0.15) is 11.5 Å². The van der Waals surface area contributed by atoms with Crippen LogP contribution in [0.2, 0.25) is 0 Å². The molecule has 1 atom stereocenters. The number of piperidine rings is 1. The van der Waals surface area contributed by atoms with E-state index in [0.717, 1.165) is 51.3 Å². The summed E-state index contributed by atoms with van der Waals surface area (Å²) in [6.45, 7) is 8.25. The van der Waals surface area contributed by atoms with Gasteiger partial charge in [0, 0.05) is 19.1 Å². The van der Waals surface area contributed by atoms with Gasteiger partial charge < -0.3 is 15.5 Å². The summed E-state index contributed by atoms with van der Waals surface area (Å²) in [5.41, 5.74) is 0.490. The number of nitrogens with zero attached hydrogens (tertiary/aromatic N) is 2. The number of carbonyl (C=O) groups excluding carboxylic acids is 1. The summed E-state index contributed by atoms with van der Waals surface area (Å²) < 4.78 is 0. The van der Waals surface area contributed by atoms with Crippen molar-refractivity contribution in [3.63, 3.8) is 0 Å². The molecule has 0 saturated carbocycles. The third kappa shape index (κ3) is 4.70. The second-order valence-corrected chi connectivity index (χ2v) is 5.54. The summed E-state index contributed by atoms with van der Waals surface area (Å²) in [5.74, 6) is 0.696. The summed E-state index contributed by atoms with van der Waals surface area (Å²) in [4.78, 5) is 19.1. The molecule has 1 aliphatic heterocycles. The first-order valence-electron chi connectivity index (χ1n) is 7.97. The number of nitrogens with one attached hydrogen (secondary N) is 2. The molecular formula is C16H26N4O. The van der Waals surface area contributed by atoms with Gasteiger partial charge in [-0.1, -0.05) is 19.9 Å². The van der Waals surface area contributed by atoms with Crippen molar-refractivity contribution in [2.75, 3.05) is 31.5 Å². The summed E-state index contributed by atoms with van der Waals surface area (Å²) in [6.07, 6.45) is 3.23. The van der Waals surface area contributed by atoms with Gasteiger partial charge in [-0.2, -0.15) is 0 Å². The molecule has 1 aliphatic rings. The molecule has 0 radical (unpaired) electrons. The van der Waals surface area contributed by atoms with E-state index < -0.39 is 0 Å². The molecule has 1 saturated heterocycles. The van der Waals surface area contributed by atoms with Gasteiger partial charge >= 0.3 is 0 Å². The van der Waals surface area contributed by atoms with Crippen molar-refractivity contribution >= 4 is 11.7 Å². The van der Waals surface area contributed by atoms with E-state index >= 15 is 0 Å². The lowest BCUT2D eigenvalue weighted by Gasteiger charge is -2.32. The van der Waals surface area contributed by atoms with Gasteiger partial charge in [-0.25, -0.2) is 4.98 Å². The van der Waals surface area contributed by atoms with Crippen LogP contribution in [0.15, 0.2) is 18.2 Å². The first-order valence-corrected chi connectivity index (χ1v) is 7.97. The Kier molecular flexibility index (Phi) is 5.99. The third-order valence-electron chi connectivity index (χ3n) is 3.83. The Labute approximate surface area is 127 Å². The monoisotopic (exact) mass is 290 g/mol. The van der Waals surface area contributed by atoms with E-state index in [9.17, 15) is 4.79 Å². The number of likely N-dealkylation sites (N-methyl/N-ethyl adjacent to an activating group) is 1. The lowest BCUT2D eigenvalue weighted by atomic mass is 10.1. The van der Waals surface area contributed by atoms with Crippen LogP contribution in [-0.4, -0.2) is 48.0 Å². The number of hydrogen-bond donors (Lipinski definition) is 2. The molecule has 1 fully saturated rings. The Balaban J connectivity index is 1.93. The maximum absolute atomic E-state index is 12.3. The van der Waals surface area contributed by atoms with Crippen molar-refractivity contribution in [2.24, 2.45) is 0 Å². The van der Waals surface area contributed by atoms with E-state index in [4.69, 9.17) is 0 Å². The smallest absolute Gasteiger partial charge is 0.270 e. The fraction of sp³-hybridized carbons (Fsp3) is 0.625. The molecule has 21 heavy (non-hydrogen) atoms. The van der Waals surface area contributed by atoms with Crippen LogP contribution in [0, 0.1) is 0 Å². The second-order valence-electron chi connectivity index (χ2n) is 5.54. The Hall–Kier alpha value is -1.62. The van der Waals surface area contributed by atoms with Crippen LogP contribution in [-0.2, 0) is 0 Å². The molecule has 0 bridgehead atoms. The highest BCUT2D eigenvalue weighted by molar-refractivity contribution is 5.92. The SMILES string of the molecule is CCCNc1cccc(C(=O)NC2CCCN(CC)C2)n1. The Morgan fingerprint density at radius 3 is 3.05 bits per heavy atom. The molecule has 1 aromatic rings. The zero-order chi connectivity index (χ0) is 15.1. The highest BCUT2D eigenvalue weighted by Crippen LogP contribution is 2.11. The molecule has 0 aliphatic carbocycles. The third-order valence-corrected chi connectivity index (χ3v) is 3.83. The first-order chi connectivity index (χ1) is 10.2. The van der Waals surface area contributed by atoms with E-state index in [1.165, 1.54) is 0 Å². The summed E-state index contributed by atoms with van der Waals surface area (Å²) in [7, 11) is 0. The average molecular weight is 290 g/mol. The number of carbonyl (C=O) groups is 1. The first kappa shape index (κ1) is 15.8. The molecule has 2 heterocycles. The lowest BCUT2D eigenvalue weighted by molar-refractivity contribution is 0.0901. The number of amides is 1. The van der Waals surface area contributed by atoms with Crippen molar-refractivity contribution < 1.29 is 4.79 Å². The molecule has 2 rings (SSSR count). The maximum Gasteiger partial charge on any atom is 0.270 e. The number of pyridine rings is 1. The molecule has 0 aromatic carbocycles. The van der Waals surface area contributed by atoms with Crippen LogP contribution in [0.4, 0.5) is 5.82 Å². The number of likely N-dealkylation sites (tertiary alicyclic amines) is 1. The molecule has 1 amide bonds. The summed E-state index contributed by atoms with van der Waals surface area (Å²) in [6, 6.07) is 5.78. The quantitative estimate of drug-likeness (QED) is 0.842. The normalized spacial score (nSPS) is 19.2. The van der Waals surface area contributed by atoms with Gasteiger partial charge in [-0.15, -0.1) is 0 Å². The van der Waals surface area contributed by atoms with Gasteiger partial charge in [0.25, 0.3) is 5.91 Å². The fourth-order valence-electron chi connectivity index (χ4n) is 2.63. The van der Waals surface area contributed by atoms with Gasteiger partial charge in [-0.3, -0.25) is 4.79 Å². The summed E-state index contributed by atoms with van der Waals surface area (Å²) >= 11 is 0. The highest BCUT2D eigenvalue weighted by Gasteiger charge is 2.21. The molecule has 116 valence electrons. The van der Waals surface area contributed by atoms with Crippen LogP contribution < -0.4 is 10.6 Å². The van der Waals surface area contributed by atoms with Crippen LogP contribution in [0.5, 0.6) is 0 Å². The van der Waals surface area contributed by atoms with Crippen LogP contribution in [0.3, 0.4) is 0 Å². The van der Waals surface area contributed by atoms with Gasteiger partial charge in [0.05, 0.1) is 0 Å². The molecule has 5 heteroatoms. The predicted octanol–water partition coefficient (Wildman–Crippen LogP) is 2.12. The highest BCUT2D eigenvalue weighted by atomic mass is 16.1. The minimum atomic E-state index is -0.0712. The zero-order valence-electron chi connectivity index (χ0n) is 13.1.